The van der Waals surface area contributed by atoms with Crippen molar-refractivity contribution in [3.63, 3.8) is 0 Å². The van der Waals surface area contributed by atoms with E-state index in [9.17, 15) is 14.9 Å². The fourth-order valence-electron chi connectivity index (χ4n) is 1.40. The quantitative estimate of drug-likeness (QED) is 0.377. The second-order valence-corrected chi connectivity index (χ2v) is 4.12. The molecule has 0 saturated heterocycles. The summed E-state index contributed by atoms with van der Waals surface area (Å²) in [6.07, 6.45) is 0.380. The number of benzene rings is 1. The fraction of sp³-hybridized carbons (Fsp3) is 0.222. The molecule has 1 aromatic carbocycles. The van der Waals surface area contributed by atoms with Crippen molar-refractivity contribution >= 4 is 36.9 Å². The number of hydrogen-bond acceptors (Lipinski definition) is 6. The Morgan fingerprint density at radius 2 is 2.06 bits per heavy atom. The highest BCUT2D eigenvalue weighted by atomic mass is 32.1. The number of carbonyl (C=O) groups is 1. The molecule has 92 valence electrons. The van der Waals surface area contributed by atoms with Crippen LogP contribution in [-0.4, -0.2) is 22.5 Å². The lowest BCUT2D eigenvalue weighted by atomic mass is 10.1. The van der Waals surface area contributed by atoms with Crippen molar-refractivity contribution in [2.24, 2.45) is 5.73 Å². The molecule has 8 heteroatoms. The number of rotatable bonds is 4. The first-order valence-corrected chi connectivity index (χ1v) is 5.45. The average Bonchev–Trinajstić information content (AvgIpc) is 2.23. The fourth-order valence-corrected chi connectivity index (χ4v) is 2.02. The summed E-state index contributed by atoms with van der Waals surface area (Å²) in [5.74, 6) is -1.38. The monoisotopic (exact) mass is 274 g/mol. The highest BCUT2D eigenvalue weighted by Crippen LogP contribution is 2.35. The molecule has 0 bridgehead atoms. The van der Waals surface area contributed by atoms with Crippen LogP contribution in [0, 0.1) is 10.1 Å². The van der Waals surface area contributed by atoms with Crippen molar-refractivity contribution in [3.05, 3.63) is 27.3 Å². The molecule has 0 aliphatic carbocycles. The number of nitrogens with zero attached hydrogens (tertiary/aromatic N) is 1. The highest BCUT2D eigenvalue weighted by Gasteiger charge is 2.26. The lowest BCUT2D eigenvalue weighted by Crippen LogP contribution is -2.09. The Bertz CT molecular complexity index is 490. The van der Waals surface area contributed by atoms with E-state index in [-0.39, 0.29) is 16.3 Å². The van der Waals surface area contributed by atoms with Crippen LogP contribution in [0.3, 0.4) is 0 Å². The molecule has 0 unspecified atom stereocenters. The standard InChI is InChI=1S/C9H10N2O4S2/c10-2-1-4-3-5(9(12)13)6(11(14)15)8(17)7(4)16/h3,16-17H,1-2,10H2,(H,12,13). The minimum atomic E-state index is -1.38. The highest BCUT2D eigenvalue weighted by molar-refractivity contribution is 7.83. The Morgan fingerprint density at radius 3 is 2.47 bits per heavy atom. The van der Waals surface area contributed by atoms with E-state index in [4.69, 9.17) is 10.8 Å². The van der Waals surface area contributed by atoms with Gasteiger partial charge in [-0.05, 0) is 24.6 Å². The van der Waals surface area contributed by atoms with Crippen molar-refractivity contribution in [1.29, 1.82) is 0 Å². The number of carboxylic acids is 1. The Morgan fingerprint density at radius 1 is 1.47 bits per heavy atom. The van der Waals surface area contributed by atoms with Gasteiger partial charge in [-0.3, -0.25) is 10.1 Å². The van der Waals surface area contributed by atoms with Crippen LogP contribution < -0.4 is 5.73 Å². The Kier molecular flexibility index (Phi) is 4.38. The molecule has 6 nitrogen and oxygen atoms in total. The molecule has 0 heterocycles. The number of aromatic carboxylic acids is 1. The molecule has 0 amide bonds. The molecule has 1 aromatic rings. The van der Waals surface area contributed by atoms with Gasteiger partial charge in [0.25, 0.3) is 5.69 Å². The van der Waals surface area contributed by atoms with Crippen molar-refractivity contribution < 1.29 is 14.8 Å². The average molecular weight is 274 g/mol. The summed E-state index contributed by atoms with van der Waals surface area (Å²) in [5.41, 5.74) is 4.94. The molecule has 0 fully saturated rings. The molecule has 0 radical (unpaired) electrons. The predicted molar refractivity (Wildman–Crippen MR) is 67.3 cm³/mol. The van der Waals surface area contributed by atoms with Crippen LogP contribution in [0.4, 0.5) is 5.69 Å². The third kappa shape index (κ3) is 2.71. The van der Waals surface area contributed by atoms with Crippen molar-refractivity contribution in [1.82, 2.24) is 0 Å². The van der Waals surface area contributed by atoms with E-state index < -0.39 is 22.1 Å². The summed E-state index contributed by atoms with van der Waals surface area (Å²) >= 11 is 8.05. The normalized spacial score (nSPS) is 10.3. The number of hydrogen-bond donors (Lipinski definition) is 4. The number of nitro groups is 1. The Labute approximate surface area is 108 Å². The summed E-state index contributed by atoms with van der Waals surface area (Å²) in [6, 6.07) is 1.22. The van der Waals surface area contributed by atoms with Crippen LogP contribution in [0.1, 0.15) is 15.9 Å². The van der Waals surface area contributed by atoms with Gasteiger partial charge in [0, 0.05) is 4.90 Å². The maximum atomic E-state index is 11.0. The van der Waals surface area contributed by atoms with Crippen molar-refractivity contribution in [3.8, 4) is 0 Å². The van der Waals surface area contributed by atoms with E-state index in [0.717, 1.165) is 0 Å². The molecule has 0 saturated carbocycles. The number of carboxylic acid groups (broad SMARTS) is 1. The van der Waals surface area contributed by atoms with E-state index in [1.54, 1.807) is 0 Å². The minimum absolute atomic E-state index is 0.0540. The van der Waals surface area contributed by atoms with Gasteiger partial charge in [-0.1, -0.05) is 0 Å². The van der Waals surface area contributed by atoms with Gasteiger partial charge in [-0.15, -0.1) is 25.3 Å². The van der Waals surface area contributed by atoms with Crippen molar-refractivity contribution in [2.45, 2.75) is 16.2 Å². The van der Waals surface area contributed by atoms with Crippen molar-refractivity contribution in [2.75, 3.05) is 6.54 Å². The number of nitro benzene ring substituents is 1. The zero-order valence-corrected chi connectivity index (χ0v) is 10.4. The zero-order valence-electron chi connectivity index (χ0n) is 8.58. The third-order valence-corrected chi connectivity index (χ3v) is 3.28. The number of nitrogens with two attached hydrogens (primary N) is 1. The topological polar surface area (TPSA) is 106 Å². The number of thiol groups is 2. The van der Waals surface area contributed by atoms with Gasteiger partial charge < -0.3 is 10.8 Å². The van der Waals surface area contributed by atoms with E-state index in [1.807, 2.05) is 0 Å². The molecular weight excluding hydrogens is 264 g/mol. The summed E-state index contributed by atoms with van der Waals surface area (Å²) in [6.45, 7) is 0.289. The van der Waals surface area contributed by atoms with E-state index in [0.29, 0.717) is 12.0 Å². The maximum absolute atomic E-state index is 11.0. The molecule has 3 N–H and O–H groups in total. The SMILES string of the molecule is NCCc1cc(C(=O)O)c([N+](=O)[O-])c(S)c1S. The first kappa shape index (κ1) is 13.8. The first-order valence-electron chi connectivity index (χ1n) is 4.55. The van der Waals surface area contributed by atoms with Gasteiger partial charge in [0.1, 0.15) is 5.56 Å². The van der Waals surface area contributed by atoms with Gasteiger partial charge in [0.2, 0.25) is 0 Å². The van der Waals surface area contributed by atoms with Crippen LogP contribution in [0.5, 0.6) is 0 Å². The van der Waals surface area contributed by atoms with Gasteiger partial charge in [0.15, 0.2) is 0 Å². The van der Waals surface area contributed by atoms with Gasteiger partial charge in [-0.25, -0.2) is 4.79 Å². The minimum Gasteiger partial charge on any atom is -0.477 e. The van der Waals surface area contributed by atoms with Crippen LogP contribution >= 0.6 is 25.3 Å². The van der Waals surface area contributed by atoms with Crippen LogP contribution in [0.15, 0.2) is 15.9 Å². The van der Waals surface area contributed by atoms with E-state index in [1.165, 1.54) is 6.07 Å². The molecule has 17 heavy (non-hydrogen) atoms. The first-order chi connectivity index (χ1) is 7.90. The molecule has 1 rings (SSSR count). The second-order valence-electron chi connectivity index (χ2n) is 3.23. The second kappa shape index (κ2) is 5.39. The molecule has 0 spiro atoms. The predicted octanol–water partition coefficient (Wildman–Crippen LogP) is 1.37. The molecule has 0 atom stereocenters. The van der Waals surface area contributed by atoms with Gasteiger partial charge >= 0.3 is 5.97 Å². The smallest absolute Gasteiger partial charge is 0.342 e. The Hall–Kier alpha value is -1.25. The molecule has 0 aliphatic heterocycles. The molecule has 0 aliphatic rings. The van der Waals surface area contributed by atoms with E-state index in [2.05, 4.69) is 25.3 Å². The van der Waals surface area contributed by atoms with Gasteiger partial charge in [0.05, 0.1) is 9.82 Å². The molecular formula is C9H10N2O4S2. The molecule has 0 aromatic heterocycles. The summed E-state index contributed by atoms with van der Waals surface area (Å²) in [5, 5.41) is 19.7. The van der Waals surface area contributed by atoms with Crippen LogP contribution in [-0.2, 0) is 6.42 Å². The summed E-state index contributed by atoms with van der Waals surface area (Å²) in [7, 11) is 0. The summed E-state index contributed by atoms with van der Waals surface area (Å²) in [4.78, 5) is 21.2. The van der Waals surface area contributed by atoms with Crippen LogP contribution in [0.2, 0.25) is 0 Å². The zero-order chi connectivity index (χ0) is 13.2. The van der Waals surface area contributed by atoms with E-state index >= 15 is 0 Å². The van der Waals surface area contributed by atoms with Crippen LogP contribution in [0.25, 0.3) is 0 Å². The maximum Gasteiger partial charge on any atom is 0.342 e. The largest absolute Gasteiger partial charge is 0.477 e. The lowest BCUT2D eigenvalue weighted by Gasteiger charge is -2.09. The summed E-state index contributed by atoms with van der Waals surface area (Å²) < 4.78 is 0. The Balaban J connectivity index is 3.56. The third-order valence-electron chi connectivity index (χ3n) is 2.15. The lowest BCUT2D eigenvalue weighted by molar-refractivity contribution is -0.388. The van der Waals surface area contributed by atoms with Gasteiger partial charge in [-0.2, -0.15) is 0 Å².